The fourth-order valence-corrected chi connectivity index (χ4v) is 2.11. The average Bonchev–Trinajstić information content (AvgIpc) is 2.27. The number of carbonyl (C=O) groups excluding carboxylic acids is 1. The van der Waals surface area contributed by atoms with Gasteiger partial charge in [-0.1, -0.05) is 12.1 Å². The van der Waals surface area contributed by atoms with Gasteiger partial charge in [0.2, 0.25) is 0 Å². The van der Waals surface area contributed by atoms with Crippen molar-refractivity contribution in [3.63, 3.8) is 0 Å². The number of para-hydroxylation sites is 1. The second-order valence-corrected chi connectivity index (χ2v) is 6.93. The minimum absolute atomic E-state index is 0.0316. The third kappa shape index (κ3) is 3.66. The Hall–Kier alpha value is -1.16. The van der Waals surface area contributed by atoms with Gasteiger partial charge in [0.1, 0.15) is 5.75 Å². The molecule has 0 aliphatic carbocycles. The van der Waals surface area contributed by atoms with E-state index in [1.54, 1.807) is 24.3 Å². The van der Waals surface area contributed by atoms with Crippen LogP contribution in [0.25, 0.3) is 0 Å². The van der Waals surface area contributed by atoms with Crippen molar-refractivity contribution in [3.8, 4) is 5.75 Å². The van der Waals surface area contributed by atoms with E-state index in [4.69, 9.17) is 4.74 Å². The number of methoxy groups -OCH3 is 1. The summed E-state index contributed by atoms with van der Waals surface area (Å²) in [5, 5.41) is 0. The molecule has 0 heterocycles. The van der Waals surface area contributed by atoms with Gasteiger partial charge in [0.15, 0.2) is 5.78 Å². The van der Waals surface area contributed by atoms with Crippen LogP contribution in [0.5, 0.6) is 5.75 Å². The quantitative estimate of drug-likeness (QED) is 0.775. The zero-order valence-corrected chi connectivity index (χ0v) is 11.5. The minimum Gasteiger partial charge on any atom is -0.496 e. The Morgan fingerprint density at radius 3 is 2.41 bits per heavy atom. The molecule has 0 fully saturated rings. The molecule has 1 unspecified atom stereocenters. The lowest BCUT2D eigenvalue weighted by Gasteiger charge is -2.17. The summed E-state index contributed by atoms with van der Waals surface area (Å²) in [5.41, 5.74) is 0.493. The maximum absolute atomic E-state index is 12.0. The lowest BCUT2D eigenvalue weighted by Crippen LogP contribution is -2.27. The molecule has 0 spiro atoms. The highest BCUT2D eigenvalue weighted by Gasteiger charge is 2.23. The molecule has 0 aromatic heterocycles. The van der Waals surface area contributed by atoms with E-state index in [2.05, 4.69) is 0 Å². The molecule has 0 bridgehead atoms. The first-order valence-corrected chi connectivity index (χ1v) is 6.73. The Morgan fingerprint density at radius 1 is 1.29 bits per heavy atom. The highest BCUT2D eigenvalue weighted by Crippen LogP contribution is 2.20. The fourth-order valence-electron chi connectivity index (χ4n) is 1.29. The van der Waals surface area contributed by atoms with Crippen LogP contribution >= 0.6 is 0 Å². The van der Waals surface area contributed by atoms with Gasteiger partial charge < -0.3 is 4.74 Å². The molecule has 1 aromatic carbocycles. The summed E-state index contributed by atoms with van der Waals surface area (Å²) in [4.78, 5) is 12.0. The van der Waals surface area contributed by atoms with Gasteiger partial charge in [0.25, 0.3) is 0 Å². The lowest BCUT2D eigenvalue weighted by molar-refractivity contribution is 0.101. The summed E-state index contributed by atoms with van der Waals surface area (Å²) in [7, 11) is 0.337. The van der Waals surface area contributed by atoms with Gasteiger partial charge in [-0.25, -0.2) is 0 Å². The van der Waals surface area contributed by atoms with Gasteiger partial charge in [0.05, 0.1) is 18.4 Å². The number of benzene rings is 1. The van der Waals surface area contributed by atoms with Crippen LogP contribution in [0.2, 0.25) is 0 Å². The number of rotatable bonds is 4. The summed E-state index contributed by atoms with van der Waals surface area (Å²) in [6.07, 6.45) is 0. The highest BCUT2D eigenvalue weighted by molar-refractivity contribution is 7.87. The second kappa shape index (κ2) is 5.45. The molecule has 0 aliphatic heterocycles. The van der Waals surface area contributed by atoms with E-state index in [0.717, 1.165) is 0 Å². The van der Waals surface area contributed by atoms with Gasteiger partial charge in [-0.3, -0.25) is 9.00 Å². The number of hydrogen-bond donors (Lipinski definition) is 0. The van der Waals surface area contributed by atoms with Crippen molar-refractivity contribution in [1.82, 2.24) is 0 Å². The molecule has 0 saturated carbocycles. The van der Waals surface area contributed by atoms with Crippen LogP contribution in [-0.4, -0.2) is 27.6 Å². The average molecular weight is 254 g/mol. The molecule has 0 saturated heterocycles. The summed E-state index contributed by atoms with van der Waals surface area (Å²) < 4.78 is 16.6. The molecule has 1 atom stereocenters. The Bertz CT molecular complexity index is 433. The van der Waals surface area contributed by atoms with Gasteiger partial charge in [-0.05, 0) is 32.9 Å². The Morgan fingerprint density at radius 2 is 1.88 bits per heavy atom. The summed E-state index contributed by atoms with van der Waals surface area (Å²) in [5.74, 6) is 0.420. The number of ether oxygens (including phenoxy) is 1. The van der Waals surface area contributed by atoms with E-state index in [9.17, 15) is 9.00 Å². The molecule has 1 rings (SSSR count). The van der Waals surface area contributed by atoms with E-state index in [1.165, 1.54) is 7.11 Å². The van der Waals surface area contributed by atoms with Crippen molar-refractivity contribution in [3.05, 3.63) is 29.8 Å². The van der Waals surface area contributed by atoms with E-state index >= 15 is 0 Å². The van der Waals surface area contributed by atoms with E-state index in [-0.39, 0.29) is 16.3 Å². The van der Waals surface area contributed by atoms with Gasteiger partial charge in [-0.15, -0.1) is 0 Å². The molecule has 0 radical (unpaired) electrons. The molecule has 0 aliphatic rings. The van der Waals surface area contributed by atoms with Crippen LogP contribution < -0.4 is 4.74 Å². The third-order valence-corrected chi connectivity index (χ3v) is 4.24. The van der Waals surface area contributed by atoms with Crippen LogP contribution in [0.1, 0.15) is 31.1 Å². The predicted octanol–water partition coefficient (Wildman–Crippen LogP) is 2.43. The maximum Gasteiger partial charge on any atom is 0.179 e. The summed E-state index contributed by atoms with van der Waals surface area (Å²) >= 11 is 0. The smallest absolute Gasteiger partial charge is 0.179 e. The minimum atomic E-state index is -1.18. The Kier molecular flexibility index (Phi) is 4.46. The molecular weight excluding hydrogens is 236 g/mol. The normalized spacial score (nSPS) is 13.2. The SMILES string of the molecule is COc1ccccc1C(=O)CS(=O)C(C)(C)C. The molecule has 1 aromatic rings. The predicted molar refractivity (Wildman–Crippen MR) is 70.1 cm³/mol. The molecular formula is C13H18O3S. The van der Waals surface area contributed by atoms with Crippen LogP contribution in [-0.2, 0) is 10.8 Å². The van der Waals surface area contributed by atoms with Crippen molar-refractivity contribution in [1.29, 1.82) is 0 Å². The molecule has 4 heteroatoms. The first kappa shape index (κ1) is 13.9. The Balaban J connectivity index is 2.88. The number of Topliss-reactive ketones (excluding diaryl/α,β-unsaturated/α-hetero) is 1. The highest BCUT2D eigenvalue weighted by atomic mass is 32.2. The van der Waals surface area contributed by atoms with E-state index in [0.29, 0.717) is 11.3 Å². The second-order valence-electron chi connectivity index (χ2n) is 4.73. The lowest BCUT2D eigenvalue weighted by atomic mass is 10.1. The first-order chi connectivity index (χ1) is 7.86. The zero-order valence-electron chi connectivity index (χ0n) is 10.6. The molecule has 3 nitrogen and oxygen atoms in total. The van der Waals surface area contributed by atoms with Crippen molar-refractivity contribution in [2.24, 2.45) is 0 Å². The van der Waals surface area contributed by atoms with Gasteiger partial charge in [0, 0.05) is 15.5 Å². The first-order valence-electron chi connectivity index (χ1n) is 5.41. The largest absolute Gasteiger partial charge is 0.496 e. The van der Waals surface area contributed by atoms with Crippen LogP contribution in [0.15, 0.2) is 24.3 Å². The van der Waals surface area contributed by atoms with Crippen LogP contribution in [0.3, 0.4) is 0 Å². The zero-order chi connectivity index (χ0) is 13.1. The van der Waals surface area contributed by atoms with Crippen molar-refractivity contribution in [2.75, 3.05) is 12.9 Å². The standard InChI is InChI=1S/C13H18O3S/c1-13(2,3)17(15)9-11(14)10-7-5-6-8-12(10)16-4/h5-8H,9H2,1-4H3. The monoisotopic (exact) mass is 254 g/mol. The van der Waals surface area contributed by atoms with Gasteiger partial charge in [-0.2, -0.15) is 0 Å². The number of carbonyl (C=O) groups is 1. The fraction of sp³-hybridized carbons (Fsp3) is 0.462. The summed E-state index contributed by atoms with van der Waals surface area (Å²) in [6, 6.07) is 7.00. The van der Waals surface area contributed by atoms with Crippen molar-refractivity contribution >= 4 is 16.6 Å². The summed E-state index contributed by atoms with van der Waals surface area (Å²) in [6.45, 7) is 5.58. The topological polar surface area (TPSA) is 43.4 Å². The molecule has 94 valence electrons. The van der Waals surface area contributed by atoms with Crippen molar-refractivity contribution in [2.45, 2.75) is 25.5 Å². The van der Waals surface area contributed by atoms with Crippen LogP contribution in [0.4, 0.5) is 0 Å². The molecule has 17 heavy (non-hydrogen) atoms. The van der Waals surface area contributed by atoms with E-state index < -0.39 is 10.8 Å². The number of ketones is 1. The maximum atomic E-state index is 12.0. The molecule has 0 N–H and O–H groups in total. The Labute approximate surface area is 105 Å². The van der Waals surface area contributed by atoms with Crippen LogP contribution in [0, 0.1) is 0 Å². The number of hydrogen-bond acceptors (Lipinski definition) is 3. The van der Waals surface area contributed by atoms with E-state index in [1.807, 2.05) is 20.8 Å². The van der Waals surface area contributed by atoms with Gasteiger partial charge >= 0.3 is 0 Å². The van der Waals surface area contributed by atoms with Crippen molar-refractivity contribution < 1.29 is 13.7 Å². The molecule has 0 amide bonds. The third-order valence-electron chi connectivity index (χ3n) is 2.35.